The molecule has 3 aromatic rings. The van der Waals surface area contributed by atoms with Crippen molar-refractivity contribution in [3.05, 3.63) is 53.6 Å². The van der Waals surface area contributed by atoms with Crippen LogP contribution in [0.5, 0.6) is 5.75 Å². The average Bonchev–Trinajstić information content (AvgIpc) is 3.04. The van der Waals surface area contributed by atoms with E-state index >= 15 is 0 Å². The van der Waals surface area contributed by atoms with Crippen LogP contribution in [-0.4, -0.2) is 32.6 Å². The quantitative estimate of drug-likeness (QED) is 0.448. The fraction of sp³-hybridized carbons (Fsp3) is 0.211. The van der Waals surface area contributed by atoms with E-state index in [1.54, 1.807) is 25.1 Å². The molecule has 0 saturated carbocycles. The summed E-state index contributed by atoms with van der Waals surface area (Å²) in [4.78, 5) is 12.5. The molecule has 0 radical (unpaired) electrons. The number of nitrogens with zero attached hydrogens (tertiary/aromatic N) is 3. The normalized spacial score (nSPS) is 11.8. The molecular formula is C19H20ClN5O2S. The van der Waals surface area contributed by atoms with Gasteiger partial charge >= 0.3 is 0 Å². The summed E-state index contributed by atoms with van der Waals surface area (Å²) in [5.41, 5.74) is 1.37. The van der Waals surface area contributed by atoms with Gasteiger partial charge in [-0.1, -0.05) is 35.5 Å². The number of benzene rings is 2. The molecule has 3 N–H and O–H groups in total. The highest BCUT2D eigenvalue weighted by atomic mass is 35.5. The third kappa shape index (κ3) is 4.58. The minimum atomic E-state index is -0.433. The van der Waals surface area contributed by atoms with E-state index in [1.165, 1.54) is 16.4 Å². The molecule has 0 aliphatic heterocycles. The predicted molar refractivity (Wildman–Crippen MR) is 112 cm³/mol. The minimum absolute atomic E-state index is 0.170. The molecule has 7 nitrogen and oxygen atoms in total. The molecule has 0 unspecified atom stereocenters. The highest BCUT2D eigenvalue weighted by Gasteiger charge is 2.20. The van der Waals surface area contributed by atoms with E-state index in [2.05, 4.69) is 15.5 Å². The molecular weight excluding hydrogens is 398 g/mol. The van der Waals surface area contributed by atoms with E-state index in [-0.39, 0.29) is 5.91 Å². The molecule has 2 aromatic carbocycles. The lowest BCUT2D eigenvalue weighted by molar-refractivity contribution is -0.115. The summed E-state index contributed by atoms with van der Waals surface area (Å²) in [5, 5.41) is 11.6. The van der Waals surface area contributed by atoms with E-state index in [4.69, 9.17) is 22.2 Å². The van der Waals surface area contributed by atoms with E-state index in [9.17, 15) is 4.79 Å². The fourth-order valence-electron chi connectivity index (χ4n) is 2.44. The van der Waals surface area contributed by atoms with Crippen LogP contribution in [0.15, 0.2) is 53.7 Å². The van der Waals surface area contributed by atoms with Crippen LogP contribution in [0.3, 0.4) is 0 Å². The summed E-state index contributed by atoms with van der Waals surface area (Å²) < 4.78 is 6.73. The Labute approximate surface area is 172 Å². The summed E-state index contributed by atoms with van der Waals surface area (Å²) >= 11 is 7.42. The largest absolute Gasteiger partial charge is 0.494 e. The van der Waals surface area contributed by atoms with Crippen molar-refractivity contribution in [3.8, 4) is 17.1 Å². The van der Waals surface area contributed by atoms with Crippen molar-refractivity contribution in [2.24, 2.45) is 0 Å². The second-order valence-electron chi connectivity index (χ2n) is 5.86. The van der Waals surface area contributed by atoms with Crippen LogP contribution in [0.1, 0.15) is 13.8 Å². The molecule has 146 valence electrons. The zero-order valence-electron chi connectivity index (χ0n) is 15.4. The highest BCUT2D eigenvalue weighted by Crippen LogP contribution is 2.29. The maximum absolute atomic E-state index is 12.5. The molecule has 0 bridgehead atoms. The molecule has 0 aliphatic carbocycles. The van der Waals surface area contributed by atoms with Crippen molar-refractivity contribution in [1.82, 2.24) is 14.9 Å². The van der Waals surface area contributed by atoms with Crippen LogP contribution in [0, 0.1) is 0 Å². The lowest BCUT2D eigenvalue weighted by atomic mass is 10.2. The van der Waals surface area contributed by atoms with E-state index in [0.717, 1.165) is 5.75 Å². The first kappa shape index (κ1) is 20.0. The van der Waals surface area contributed by atoms with Gasteiger partial charge in [0.05, 0.1) is 16.9 Å². The van der Waals surface area contributed by atoms with Gasteiger partial charge in [-0.2, -0.15) is 0 Å². The van der Waals surface area contributed by atoms with Gasteiger partial charge in [-0.15, -0.1) is 10.2 Å². The Balaban J connectivity index is 1.67. The van der Waals surface area contributed by atoms with Crippen molar-refractivity contribution < 1.29 is 9.53 Å². The second-order valence-corrected chi connectivity index (χ2v) is 7.58. The maximum Gasteiger partial charge on any atom is 0.237 e. The van der Waals surface area contributed by atoms with Gasteiger partial charge in [-0.25, -0.2) is 4.68 Å². The molecule has 28 heavy (non-hydrogen) atoms. The predicted octanol–water partition coefficient (Wildman–Crippen LogP) is 3.83. The minimum Gasteiger partial charge on any atom is -0.494 e. The first-order valence-electron chi connectivity index (χ1n) is 8.65. The Morgan fingerprint density at radius 1 is 1.25 bits per heavy atom. The zero-order valence-corrected chi connectivity index (χ0v) is 17.0. The Morgan fingerprint density at radius 3 is 2.64 bits per heavy atom. The standard InChI is InChI=1S/C19H20ClN5O2S/c1-3-27-14-10-8-13(9-11-14)22-18(26)12(2)28-19-24-23-17(25(19)21)15-6-4-5-7-16(15)20/h4-12H,3,21H2,1-2H3,(H,22,26)/t12-/m1/s1. The second kappa shape index (κ2) is 8.99. The molecule has 9 heteroatoms. The van der Waals surface area contributed by atoms with Gasteiger partial charge in [0.15, 0.2) is 5.82 Å². The molecule has 3 rings (SSSR count). The number of hydrogen-bond donors (Lipinski definition) is 2. The van der Waals surface area contributed by atoms with Gasteiger partial charge in [-0.3, -0.25) is 4.79 Å². The number of halogens is 1. The topological polar surface area (TPSA) is 95.1 Å². The summed E-state index contributed by atoms with van der Waals surface area (Å²) in [6.45, 7) is 4.29. The van der Waals surface area contributed by atoms with Crippen LogP contribution in [0.25, 0.3) is 11.4 Å². The van der Waals surface area contributed by atoms with Crippen LogP contribution in [0.2, 0.25) is 5.02 Å². The monoisotopic (exact) mass is 417 g/mol. The van der Waals surface area contributed by atoms with Crippen molar-refractivity contribution in [2.45, 2.75) is 24.3 Å². The summed E-state index contributed by atoms with van der Waals surface area (Å²) in [7, 11) is 0. The van der Waals surface area contributed by atoms with Gasteiger partial charge in [0, 0.05) is 11.3 Å². The number of thioether (sulfide) groups is 1. The number of rotatable bonds is 7. The number of carbonyl (C=O) groups is 1. The Hall–Kier alpha value is -2.71. The van der Waals surface area contributed by atoms with Gasteiger partial charge < -0.3 is 15.9 Å². The molecule has 1 amide bonds. The summed E-state index contributed by atoms with van der Waals surface area (Å²) in [6, 6.07) is 14.4. The fourth-order valence-corrected chi connectivity index (χ4v) is 3.43. The van der Waals surface area contributed by atoms with Crippen molar-refractivity contribution in [1.29, 1.82) is 0 Å². The van der Waals surface area contributed by atoms with Gasteiger partial charge in [0.1, 0.15) is 5.75 Å². The number of ether oxygens (including phenoxy) is 1. The van der Waals surface area contributed by atoms with E-state index < -0.39 is 5.25 Å². The SMILES string of the molecule is CCOc1ccc(NC(=O)[C@@H](C)Sc2nnc(-c3ccccc3Cl)n2N)cc1. The first-order chi connectivity index (χ1) is 13.5. The molecule has 0 saturated heterocycles. The number of anilines is 1. The number of carbonyl (C=O) groups excluding carboxylic acids is 1. The van der Waals surface area contributed by atoms with Gasteiger partial charge in [-0.05, 0) is 50.2 Å². The Kier molecular flexibility index (Phi) is 6.43. The molecule has 0 fully saturated rings. The number of nitrogens with two attached hydrogens (primary N) is 1. The Bertz CT molecular complexity index is 961. The lowest BCUT2D eigenvalue weighted by Crippen LogP contribution is -2.23. The number of hydrogen-bond acceptors (Lipinski definition) is 6. The number of amides is 1. The smallest absolute Gasteiger partial charge is 0.237 e. The number of aromatic nitrogens is 3. The van der Waals surface area contributed by atoms with Crippen LogP contribution in [-0.2, 0) is 4.79 Å². The molecule has 0 spiro atoms. The third-order valence-corrected chi connectivity index (χ3v) is 5.25. The van der Waals surface area contributed by atoms with Crippen molar-refractivity contribution in [3.63, 3.8) is 0 Å². The summed E-state index contributed by atoms with van der Waals surface area (Å²) in [6.07, 6.45) is 0. The Morgan fingerprint density at radius 2 is 1.96 bits per heavy atom. The van der Waals surface area contributed by atoms with E-state index in [1.807, 2.05) is 37.3 Å². The van der Waals surface area contributed by atoms with Gasteiger partial charge in [0.2, 0.25) is 11.1 Å². The first-order valence-corrected chi connectivity index (χ1v) is 9.91. The number of nitrogen functional groups attached to an aromatic ring is 1. The average molecular weight is 418 g/mol. The molecule has 0 aliphatic rings. The highest BCUT2D eigenvalue weighted by molar-refractivity contribution is 8.00. The zero-order chi connectivity index (χ0) is 20.1. The van der Waals surface area contributed by atoms with Crippen LogP contribution < -0.4 is 15.9 Å². The van der Waals surface area contributed by atoms with Crippen LogP contribution in [0.4, 0.5) is 5.69 Å². The molecule has 1 heterocycles. The van der Waals surface area contributed by atoms with Crippen molar-refractivity contribution >= 4 is 35.0 Å². The third-order valence-electron chi connectivity index (χ3n) is 3.86. The maximum atomic E-state index is 12.5. The summed E-state index contributed by atoms with van der Waals surface area (Å²) in [5.74, 6) is 7.14. The van der Waals surface area contributed by atoms with Gasteiger partial charge in [0.25, 0.3) is 0 Å². The van der Waals surface area contributed by atoms with Crippen LogP contribution >= 0.6 is 23.4 Å². The van der Waals surface area contributed by atoms with Crippen molar-refractivity contribution in [2.75, 3.05) is 17.8 Å². The van der Waals surface area contributed by atoms with E-state index in [0.29, 0.717) is 33.9 Å². The molecule has 1 aromatic heterocycles. The molecule has 1 atom stereocenters. The number of nitrogens with one attached hydrogen (secondary N) is 1. The lowest BCUT2D eigenvalue weighted by Gasteiger charge is -2.12.